The molecule has 1 heterocycles. The van der Waals surface area contributed by atoms with Gasteiger partial charge in [-0.1, -0.05) is 49.0 Å². The van der Waals surface area contributed by atoms with Crippen molar-refractivity contribution in [1.29, 1.82) is 0 Å². The van der Waals surface area contributed by atoms with Gasteiger partial charge in [-0.3, -0.25) is 0 Å². The summed E-state index contributed by atoms with van der Waals surface area (Å²) in [5, 5.41) is 1.99. The van der Waals surface area contributed by atoms with Crippen LogP contribution < -0.4 is 0 Å². The van der Waals surface area contributed by atoms with Crippen LogP contribution in [0.2, 0.25) is 10.0 Å². The second-order valence-electron chi connectivity index (χ2n) is 5.71. The normalized spacial score (nSPS) is 12.5. The minimum Gasteiger partial charge on any atom is -0.336 e. The Balaban J connectivity index is 1.86. The van der Waals surface area contributed by atoms with Crippen LogP contribution in [0.15, 0.2) is 36.9 Å². The third-order valence-electron chi connectivity index (χ3n) is 3.66. The van der Waals surface area contributed by atoms with E-state index in [1.54, 1.807) is 0 Å². The molecule has 0 radical (unpaired) electrons. The molecule has 0 saturated heterocycles. The number of thioether (sulfide) groups is 2. The van der Waals surface area contributed by atoms with Gasteiger partial charge < -0.3 is 4.57 Å². The molecule has 1 atom stereocenters. The molecule has 0 spiro atoms. The number of rotatable bonds is 11. The smallest absolute Gasteiger partial charge is 0.0946 e. The first-order valence-electron chi connectivity index (χ1n) is 8.28. The molecule has 132 valence electrons. The predicted octanol–water partition coefficient (Wildman–Crippen LogP) is 6.42. The van der Waals surface area contributed by atoms with Crippen molar-refractivity contribution in [3.05, 3.63) is 52.5 Å². The van der Waals surface area contributed by atoms with E-state index in [1.165, 1.54) is 25.0 Å². The van der Waals surface area contributed by atoms with Crippen molar-refractivity contribution in [1.82, 2.24) is 9.55 Å². The van der Waals surface area contributed by atoms with Crippen LogP contribution in [0, 0.1) is 0 Å². The molecule has 2 rings (SSSR count). The quantitative estimate of drug-likeness (QED) is 0.404. The van der Waals surface area contributed by atoms with Crippen LogP contribution in [0.1, 0.15) is 31.7 Å². The van der Waals surface area contributed by atoms with Crippen LogP contribution in [0.25, 0.3) is 0 Å². The molecule has 0 bridgehead atoms. The molecule has 0 amide bonds. The average Bonchev–Trinajstić information content (AvgIpc) is 3.06. The van der Waals surface area contributed by atoms with Gasteiger partial charge in [-0.25, -0.2) is 4.98 Å². The summed E-state index contributed by atoms with van der Waals surface area (Å²) in [7, 11) is 0. The summed E-state index contributed by atoms with van der Waals surface area (Å²) in [5.41, 5.74) is 1.15. The summed E-state index contributed by atoms with van der Waals surface area (Å²) in [6.07, 6.45) is 9.68. The molecular weight excluding hydrogens is 379 g/mol. The van der Waals surface area contributed by atoms with E-state index in [2.05, 4.69) is 28.2 Å². The molecule has 0 aliphatic carbocycles. The van der Waals surface area contributed by atoms with Gasteiger partial charge in [0.05, 0.1) is 6.33 Å². The zero-order valence-electron chi connectivity index (χ0n) is 14.0. The highest BCUT2D eigenvalue weighted by molar-refractivity contribution is 8.03. The number of benzene rings is 1. The van der Waals surface area contributed by atoms with E-state index in [4.69, 9.17) is 23.2 Å². The molecule has 0 aliphatic rings. The van der Waals surface area contributed by atoms with Crippen LogP contribution in [-0.2, 0) is 12.3 Å². The Morgan fingerprint density at radius 2 is 2.12 bits per heavy atom. The van der Waals surface area contributed by atoms with Gasteiger partial charge in [0.15, 0.2) is 0 Å². The Hall–Kier alpha value is -0.290. The highest BCUT2D eigenvalue weighted by Gasteiger charge is 2.12. The Morgan fingerprint density at radius 1 is 1.25 bits per heavy atom. The summed E-state index contributed by atoms with van der Waals surface area (Å²) in [6.45, 7) is 3.23. The molecule has 1 aromatic carbocycles. The van der Waals surface area contributed by atoms with Gasteiger partial charge in [0, 0.05) is 45.7 Å². The summed E-state index contributed by atoms with van der Waals surface area (Å²) in [4.78, 5) is 4.15. The summed E-state index contributed by atoms with van der Waals surface area (Å²) >= 11 is 16.3. The van der Waals surface area contributed by atoms with Crippen molar-refractivity contribution in [3.8, 4) is 0 Å². The van der Waals surface area contributed by atoms with E-state index in [9.17, 15) is 0 Å². The standard InChI is InChI=1S/C18H24Cl2N2S2/c1-2-3-4-9-23-13-17(11-22-8-7-21-14-22)24-12-15-5-6-16(19)10-18(15)20/h5-8,10,14,17H,2-4,9,11-13H2,1H3. The van der Waals surface area contributed by atoms with Crippen molar-refractivity contribution < 1.29 is 0 Å². The summed E-state index contributed by atoms with van der Waals surface area (Å²) < 4.78 is 2.16. The molecule has 2 aromatic rings. The third-order valence-corrected chi connectivity index (χ3v) is 6.94. The highest BCUT2D eigenvalue weighted by atomic mass is 35.5. The predicted molar refractivity (Wildman–Crippen MR) is 111 cm³/mol. The zero-order valence-corrected chi connectivity index (χ0v) is 17.1. The van der Waals surface area contributed by atoms with Crippen LogP contribution in [0.3, 0.4) is 0 Å². The molecule has 24 heavy (non-hydrogen) atoms. The first-order chi connectivity index (χ1) is 11.7. The monoisotopic (exact) mass is 402 g/mol. The lowest BCUT2D eigenvalue weighted by atomic mass is 10.2. The maximum absolute atomic E-state index is 6.30. The number of unbranched alkanes of at least 4 members (excludes halogenated alkanes) is 2. The van der Waals surface area contributed by atoms with Crippen molar-refractivity contribution in [2.45, 2.75) is 43.7 Å². The zero-order chi connectivity index (χ0) is 17.2. The second-order valence-corrected chi connectivity index (χ2v) is 8.99. The molecule has 2 nitrogen and oxygen atoms in total. The number of halogens is 2. The SMILES string of the molecule is CCCCCSCC(Cn1ccnc1)SCc1ccc(Cl)cc1Cl. The lowest BCUT2D eigenvalue weighted by Crippen LogP contribution is -2.15. The van der Waals surface area contributed by atoms with Gasteiger partial charge in [0.1, 0.15) is 0 Å². The Labute approximate surface area is 163 Å². The third kappa shape index (κ3) is 7.30. The number of imidazole rings is 1. The van der Waals surface area contributed by atoms with Crippen LogP contribution >= 0.6 is 46.7 Å². The van der Waals surface area contributed by atoms with Crippen molar-refractivity contribution in [2.24, 2.45) is 0 Å². The average molecular weight is 403 g/mol. The van der Waals surface area contributed by atoms with E-state index in [0.717, 1.165) is 28.6 Å². The molecule has 0 aliphatic heterocycles. The first-order valence-corrected chi connectivity index (χ1v) is 11.2. The fourth-order valence-electron chi connectivity index (χ4n) is 2.30. The van der Waals surface area contributed by atoms with Gasteiger partial charge in [0.25, 0.3) is 0 Å². The van der Waals surface area contributed by atoms with Gasteiger partial charge in [-0.05, 0) is 29.9 Å². The van der Waals surface area contributed by atoms with Gasteiger partial charge in [-0.15, -0.1) is 0 Å². The van der Waals surface area contributed by atoms with E-state index in [1.807, 2.05) is 48.7 Å². The maximum atomic E-state index is 6.30. The molecule has 6 heteroatoms. The van der Waals surface area contributed by atoms with Crippen molar-refractivity contribution >= 4 is 46.7 Å². The van der Waals surface area contributed by atoms with Gasteiger partial charge >= 0.3 is 0 Å². The summed E-state index contributed by atoms with van der Waals surface area (Å²) in [6, 6.07) is 5.76. The van der Waals surface area contributed by atoms with Crippen LogP contribution in [-0.4, -0.2) is 26.3 Å². The van der Waals surface area contributed by atoms with Crippen molar-refractivity contribution in [3.63, 3.8) is 0 Å². The molecule has 1 aromatic heterocycles. The Bertz CT molecular complexity index is 591. The fourth-order valence-corrected chi connectivity index (χ4v) is 5.41. The minimum absolute atomic E-state index is 0.539. The second kappa shape index (κ2) is 11.3. The minimum atomic E-state index is 0.539. The van der Waals surface area contributed by atoms with E-state index in [-0.39, 0.29) is 0 Å². The molecule has 0 saturated carbocycles. The number of aromatic nitrogens is 2. The van der Waals surface area contributed by atoms with Gasteiger partial charge in [0.2, 0.25) is 0 Å². The summed E-state index contributed by atoms with van der Waals surface area (Å²) in [5.74, 6) is 3.30. The number of hydrogen-bond donors (Lipinski definition) is 0. The van der Waals surface area contributed by atoms with Crippen molar-refractivity contribution in [2.75, 3.05) is 11.5 Å². The van der Waals surface area contributed by atoms with E-state index < -0.39 is 0 Å². The van der Waals surface area contributed by atoms with E-state index in [0.29, 0.717) is 10.3 Å². The van der Waals surface area contributed by atoms with Gasteiger partial charge in [-0.2, -0.15) is 23.5 Å². The molecule has 0 N–H and O–H groups in total. The number of hydrogen-bond acceptors (Lipinski definition) is 3. The number of nitrogens with zero attached hydrogens (tertiary/aromatic N) is 2. The van der Waals surface area contributed by atoms with Crippen LogP contribution in [0.4, 0.5) is 0 Å². The Morgan fingerprint density at radius 3 is 2.83 bits per heavy atom. The fraction of sp³-hybridized carbons (Fsp3) is 0.500. The molecule has 0 fully saturated rings. The van der Waals surface area contributed by atoms with E-state index >= 15 is 0 Å². The topological polar surface area (TPSA) is 17.8 Å². The highest BCUT2D eigenvalue weighted by Crippen LogP contribution is 2.28. The molecular formula is C18H24Cl2N2S2. The lowest BCUT2D eigenvalue weighted by molar-refractivity contribution is 0.695. The lowest BCUT2D eigenvalue weighted by Gasteiger charge is -2.17. The Kier molecular flexibility index (Phi) is 9.47. The first kappa shape index (κ1) is 20.0. The largest absolute Gasteiger partial charge is 0.336 e. The molecule has 1 unspecified atom stereocenters. The maximum Gasteiger partial charge on any atom is 0.0946 e. The van der Waals surface area contributed by atoms with Crippen LogP contribution in [0.5, 0.6) is 0 Å².